The first-order chi connectivity index (χ1) is 15.2. The number of aryl methyl sites for hydroxylation is 1. The lowest BCUT2D eigenvalue weighted by Gasteiger charge is -2.19. The van der Waals surface area contributed by atoms with Gasteiger partial charge in [0.1, 0.15) is 5.75 Å². The van der Waals surface area contributed by atoms with Crippen LogP contribution in [0.2, 0.25) is 0 Å². The highest BCUT2D eigenvalue weighted by Crippen LogP contribution is 2.33. The van der Waals surface area contributed by atoms with Crippen molar-refractivity contribution in [1.29, 1.82) is 0 Å². The van der Waals surface area contributed by atoms with Gasteiger partial charge < -0.3 is 19.4 Å². The quantitative estimate of drug-likeness (QED) is 0.641. The minimum Gasteiger partial charge on any atom is -0.482 e. The summed E-state index contributed by atoms with van der Waals surface area (Å²) < 4.78 is 13.7. The SMILES string of the molecule is CCc1ccc(N=c2scc(-c3ccc4c(c3)NC(=O)CO4)n2CC2CCCO2)cc1. The Morgan fingerprint density at radius 3 is 2.87 bits per heavy atom. The zero-order valence-corrected chi connectivity index (χ0v) is 18.3. The van der Waals surface area contributed by atoms with E-state index in [-0.39, 0.29) is 18.6 Å². The summed E-state index contributed by atoms with van der Waals surface area (Å²) in [6, 6.07) is 14.3. The molecule has 0 spiro atoms. The summed E-state index contributed by atoms with van der Waals surface area (Å²) >= 11 is 1.62. The predicted molar refractivity (Wildman–Crippen MR) is 122 cm³/mol. The molecule has 1 amide bonds. The summed E-state index contributed by atoms with van der Waals surface area (Å²) in [5, 5.41) is 5.03. The molecule has 3 heterocycles. The topological polar surface area (TPSA) is 64.8 Å². The number of aromatic nitrogens is 1. The highest BCUT2D eigenvalue weighted by molar-refractivity contribution is 7.07. The maximum Gasteiger partial charge on any atom is 0.262 e. The van der Waals surface area contributed by atoms with E-state index in [1.807, 2.05) is 18.2 Å². The molecule has 2 aliphatic rings. The molecule has 2 aliphatic heterocycles. The van der Waals surface area contributed by atoms with Crippen molar-refractivity contribution in [2.75, 3.05) is 18.5 Å². The fourth-order valence-corrected chi connectivity index (χ4v) is 4.92. The number of rotatable bonds is 5. The standard InChI is InChI=1S/C24H25N3O3S/c1-2-16-5-8-18(9-6-16)25-24-27(13-19-4-3-11-29-19)21(15-31-24)17-7-10-22-20(12-17)26-23(28)14-30-22/h5-10,12,15,19H,2-4,11,13-14H2,1H3,(H,26,28). The van der Waals surface area contributed by atoms with Crippen molar-refractivity contribution in [2.24, 2.45) is 4.99 Å². The van der Waals surface area contributed by atoms with Crippen LogP contribution in [0, 0.1) is 0 Å². The number of nitrogens with zero attached hydrogens (tertiary/aromatic N) is 2. The molecule has 0 aliphatic carbocycles. The lowest BCUT2D eigenvalue weighted by Crippen LogP contribution is -2.25. The minimum absolute atomic E-state index is 0.0592. The van der Waals surface area contributed by atoms with E-state index in [1.165, 1.54) is 5.56 Å². The monoisotopic (exact) mass is 435 g/mol. The second-order valence-electron chi connectivity index (χ2n) is 7.83. The van der Waals surface area contributed by atoms with Gasteiger partial charge in [-0.2, -0.15) is 0 Å². The van der Waals surface area contributed by atoms with Gasteiger partial charge >= 0.3 is 0 Å². The molecule has 1 N–H and O–H groups in total. The number of anilines is 1. The van der Waals surface area contributed by atoms with Crippen LogP contribution in [0.15, 0.2) is 52.8 Å². The molecule has 31 heavy (non-hydrogen) atoms. The number of carbonyl (C=O) groups is 1. The summed E-state index contributed by atoms with van der Waals surface area (Å²) in [5.41, 5.74) is 5.03. The van der Waals surface area contributed by atoms with Gasteiger partial charge in [-0.1, -0.05) is 19.1 Å². The maximum atomic E-state index is 11.8. The van der Waals surface area contributed by atoms with Gasteiger partial charge in [0.15, 0.2) is 11.4 Å². The van der Waals surface area contributed by atoms with Gasteiger partial charge in [0, 0.05) is 17.6 Å². The summed E-state index contributed by atoms with van der Waals surface area (Å²) in [6.07, 6.45) is 3.36. The van der Waals surface area contributed by atoms with E-state index in [1.54, 1.807) is 11.3 Å². The Morgan fingerprint density at radius 1 is 1.23 bits per heavy atom. The second kappa shape index (κ2) is 8.69. The lowest BCUT2D eigenvalue weighted by molar-refractivity contribution is -0.118. The molecule has 1 unspecified atom stereocenters. The Kier molecular flexibility index (Phi) is 5.61. The van der Waals surface area contributed by atoms with Gasteiger partial charge in [0.2, 0.25) is 0 Å². The number of nitrogens with one attached hydrogen (secondary N) is 1. The molecule has 1 aromatic heterocycles. The molecule has 1 atom stereocenters. The molecule has 0 radical (unpaired) electrons. The number of thiazole rings is 1. The van der Waals surface area contributed by atoms with Crippen molar-refractivity contribution >= 4 is 28.6 Å². The summed E-state index contributed by atoms with van der Waals surface area (Å²) in [5.74, 6) is 0.568. The van der Waals surface area contributed by atoms with Gasteiger partial charge in [-0.05, 0) is 55.2 Å². The van der Waals surface area contributed by atoms with Gasteiger partial charge in [-0.3, -0.25) is 4.79 Å². The molecule has 0 saturated carbocycles. The number of fused-ring (bicyclic) bond motifs is 1. The van der Waals surface area contributed by atoms with Crippen LogP contribution in [0.1, 0.15) is 25.3 Å². The van der Waals surface area contributed by atoms with Crippen molar-refractivity contribution in [3.05, 3.63) is 58.2 Å². The number of hydrogen-bond acceptors (Lipinski definition) is 5. The molecule has 5 rings (SSSR count). The maximum absolute atomic E-state index is 11.8. The molecule has 7 heteroatoms. The van der Waals surface area contributed by atoms with Crippen LogP contribution in [0.5, 0.6) is 5.75 Å². The van der Waals surface area contributed by atoms with Crippen LogP contribution in [0.3, 0.4) is 0 Å². The fraction of sp³-hybridized carbons (Fsp3) is 0.333. The molecule has 160 valence electrons. The van der Waals surface area contributed by atoms with Crippen LogP contribution in [-0.4, -0.2) is 29.8 Å². The van der Waals surface area contributed by atoms with Crippen LogP contribution in [0.4, 0.5) is 11.4 Å². The molecule has 3 aromatic rings. The van der Waals surface area contributed by atoms with Gasteiger partial charge in [0.25, 0.3) is 5.91 Å². The molecule has 0 bridgehead atoms. The number of hydrogen-bond donors (Lipinski definition) is 1. The highest BCUT2D eigenvalue weighted by Gasteiger charge is 2.21. The zero-order valence-electron chi connectivity index (χ0n) is 17.5. The third kappa shape index (κ3) is 4.29. The minimum atomic E-state index is -0.131. The normalized spacial score (nSPS) is 18.5. The molecule has 2 aromatic carbocycles. The first-order valence-corrected chi connectivity index (χ1v) is 11.6. The summed E-state index contributed by atoms with van der Waals surface area (Å²) in [7, 11) is 0. The van der Waals surface area contributed by atoms with Crippen LogP contribution in [0.25, 0.3) is 11.3 Å². The average Bonchev–Trinajstić information content (AvgIpc) is 3.44. The van der Waals surface area contributed by atoms with E-state index in [0.717, 1.165) is 54.2 Å². The molecule has 1 saturated heterocycles. The Balaban J connectivity index is 1.56. The van der Waals surface area contributed by atoms with Crippen molar-refractivity contribution in [3.8, 4) is 17.0 Å². The first kappa shape index (κ1) is 20.0. The Bertz CT molecular complexity index is 1160. The number of benzene rings is 2. The molecule has 1 fully saturated rings. The first-order valence-electron chi connectivity index (χ1n) is 10.7. The summed E-state index contributed by atoms with van der Waals surface area (Å²) in [4.78, 5) is 17.6. The Labute approximate surface area is 185 Å². The van der Waals surface area contributed by atoms with E-state index in [4.69, 9.17) is 14.5 Å². The highest BCUT2D eigenvalue weighted by atomic mass is 32.1. The Morgan fingerprint density at radius 2 is 2.10 bits per heavy atom. The van der Waals surface area contributed by atoms with E-state index in [2.05, 4.69) is 46.5 Å². The van der Waals surface area contributed by atoms with Gasteiger partial charge in [-0.15, -0.1) is 11.3 Å². The third-order valence-corrected chi connectivity index (χ3v) is 6.55. The Hall–Kier alpha value is -2.90. The van der Waals surface area contributed by atoms with Crippen LogP contribution < -0.4 is 14.9 Å². The van der Waals surface area contributed by atoms with Gasteiger partial charge in [0.05, 0.1) is 29.7 Å². The number of amides is 1. The van der Waals surface area contributed by atoms with Crippen LogP contribution >= 0.6 is 11.3 Å². The van der Waals surface area contributed by atoms with Crippen molar-refractivity contribution in [1.82, 2.24) is 4.57 Å². The fourth-order valence-electron chi connectivity index (χ4n) is 3.98. The third-order valence-electron chi connectivity index (χ3n) is 5.69. The lowest BCUT2D eigenvalue weighted by atomic mass is 10.1. The largest absolute Gasteiger partial charge is 0.482 e. The van der Waals surface area contributed by atoms with Crippen molar-refractivity contribution in [2.45, 2.75) is 38.8 Å². The average molecular weight is 436 g/mol. The van der Waals surface area contributed by atoms with E-state index in [0.29, 0.717) is 11.4 Å². The van der Waals surface area contributed by atoms with Crippen molar-refractivity contribution in [3.63, 3.8) is 0 Å². The van der Waals surface area contributed by atoms with E-state index < -0.39 is 0 Å². The van der Waals surface area contributed by atoms with E-state index in [9.17, 15) is 4.79 Å². The van der Waals surface area contributed by atoms with Crippen LogP contribution in [-0.2, 0) is 22.5 Å². The second-order valence-corrected chi connectivity index (χ2v) is 8.67. The van der Waals surface area contributed by atoms with Gasteiger partial charge in [-0.25, -0.2) is 4.99 Å². The molecule has 6 nitrogen and oxygen atoms in total. The van der Waals surface area contributed by atoms with E-state index >= 15 is 0 Å². The number of carbonyl (C=O) groups excluding carboxylic acids is 1. The summed E-state index contributed by atoms with van der Waals surface area (Å²) in [6.45, 7) is 3.78. The molecular weight excluding hydrogens is 410 g/mol. The number of ether oxygens (including phenoxy) is 2. The zero-order chi connectivity index (χ0) is 21.2. The predicted octanol–water partition coefficient (Wildman–Crippen LogP) is 4.52. The van der Waals surface area contributed by atoms with Crippen molar-refractivity contribution < 1.29 is 14.3 Å². The smallest absolute Gasteiger partial charge is 0.262 e. The molecular formula is C24H25N3O3S.